The molecular formula is C28H30N5O3+. The van der Waals surface area contributed by atoms with Gasteiger partial charge in [-0.05, 0) is 74.8 Å². The maximum absolute atomic E-state index is 13.1. The summed E-state index contributed by atoms with van der Waals surface area (Å²) in [6.45, 7) is 1.73. The Bertz CT molecular complexity index is 1440. The van der Waals surface area contributed by atoms with Gasteiger partial charge in [-0.25, -0.2) is 0 Å². The molecule has 1 aromatic carbocycles. The van der Waals surface area contributed by atoms with Gasteiger partial charge in [-0.15, -0.1) is 0 Å². The Hall–Kier alpha value is -3.78. The number of pyridine rings is 2. The predicted octanol–water partition coefficient (Wildman–Crippen LogP) is 4.44. The number of fused-ring (bicyclic) bond motifs is 1. The SMILES string of the molecule is Cc1cccc(C(=O)Nc2cc3cn(C4CCC(O)(C5CC5)CC4)nc3cc2-c2ccccn2)[n+]1O. The summed E-state index contributed by atoms with van der Waals surface area (Å²) in [7, 11) is 0. The first-order chi connectivity index (χ1) is 17.4. The molecule has 2 saturated carbocycles. The molecule has 0 saturated heterocycles. The second-order valence-corrected chi connectivity index (χ2v) is 10.2. The number of aromatic nitrogens is 4. The third-order valence-electron chi connectivity index (χ3n) is 7.77. The van der Waals surface area contributed by atoms with E-state index in [0.717, 1.165) is 65.4 Å². The van der Waals surface area contributed by atoms with Crippen molar-refractivity contribution in [3.63, 3.8) is 0 Å². The molecule has 4 aromatic rings. The largest absolute Gasteiger partial charge is 0.390 e. The highest BCUT2D eigenvalue weighted by Gasteiger charge is 2.45. The van der Waals surface area contributed by atoms with E-state index in [4.69, 9.17) is 5.10 Å². The molecule has 2 aliphatic rings. The van der Waals surface area contributed by atoms with Gasteiger partial charge in [0.25, 0.3) is 0 Å². The molecule has 3 aromatic heterocycles. The third-order valence-corrected chi connectivity index (χ3v) is 7.77. The maximum atomic E-state index is 13.1. The standard InChI is InChI=1S/C28H29N5O3/c1-18-5-4-7-26(33(18)36)27(34)30-25-15-19-17-32(21-10-12-28(35,13-11-21)20-8-9-20)31-24(19)16-22(25)23-6-2-3-14-29-23/h2-7,14-17,20-21,35H,8-13H2,1H3,(H-,30,34,36)/p+1. The van der Waals surface area contributed by atoms with Gasteiger partial charge < -0.3 is 10.4 Å². The van der Waals surface area contributed by atoms with Crippen LogP contribution in [0.15, 0.2) is 60.9 Å². The van der Waals surface area contributed by atoms with E-state index in [2.05, 4.69) is 10.3 Å². The molecule has 8 nitrogen and oxygen atoms in total. The fourth-order valence-electron chi connectivity index (χ4n) is 5.48. The number of aryl methyl sites for hydroxylation is 1. The van der Waals surface area contributed by atoms with Crippen LogP contribution in [0.25, 0.3) is 22.2 Å². The Balaban J connectivity index is 1.34. The van der Waals surface area contributed by atoms with Gasteiger partial charge in [0.2, 0.25) is 5.69 Å². The second-order valence-electron chi connectivity index (χ2n) is 10.2. The maximum Gasteiger partial charge on any atom is 0.325 e. The minimum Gasteiger partial charge on any atom is -0.390 e. The number of nitrogens with zero attached hydrogens (tertiary/aromatic N) is 4. The molecule has 0 aliphatic heterocycles. The minimum absolute atomic E-state index is 0.142. The highest BCUT2D eigenvalue weighted by Crippen LogP contribution is 2.49. The molecule has 2 fully saturated rings. The van der Waals surface area contributed by atoms with E-state index in [0.29, 0.717) is 17.3 Å². The number of amides is 1. The quantitative estimate of drug-likeness (QED) is 0.287. The Morgan fingerprint density at radius 3 is 2.64 bits per heavy atom. The number of nitrogens with one attached hydrogen (secondary N) is 1. The van der Waals surface area contributed by atoms with Gasteiger partial charge in [0.05, 0.1) is 28.5 Å². The fourth-order valence-corrected chi connectivity index (χ4v) is 5.48. The van der Waals surface area contributed by atoms with Gasteiger partial charge in [-0.3, -0.25) is 19.7 Å². The van der Waals surface area contributed by atoms with Crippen molar-refractivity contribution >= 4 is 22.5 Å². The lowest BCUT2D eigenvalue weighted by Gasteiger charge is -2.36. The molecule has 0 spiro atoms. The van der Waals surface area contributed by atoms with E-state index in [1.807, 2.05) is 41.2 Å². The highest BCUT2D eigenvalue weighted by atomic mass is 16.5. The zero-order valence-corrected chi connectivity index (χ0v) is 20.3. The van der Waals surface area contributed by atoms with Gasteiger partial charge in [0.1, 0.15) is 0 Å². The summed E-state index contributed by atoms with van der Waals surface area (Å²) in [6.07, 6.45) is 9.48. The van der Waals surface area contributed by atoms with Gasteiger partial charge in [0.15, 0.2) is 0 Å². The first-order valence-electron chi connectivity index (χ1n) is 12.6. The number of benzene rings is 1. The molecule has 0 radical (unpaired) electrons. The van der Waals surface area contributed by atoms with Crippen molar-refractivity contribution < 1.29 is 19.8 Å². The van der Waals surface area contributed by atoms with Crippen molar-refractivity contribution in [2.75, 3.05) is 5.32 Å². The van der Waals surface area contributed by atoms with Crippen LogP contribution in [-0.2, 0) is 0 Å². The number of hydrogen-bond donors (Lipinski definition) is 3. The molecule has 2 aliphatic carbocycles. The van der Waals surface area contributed by atoms with E-state index in [1.165, 1.54) is 0 Å². The highest BCUT2D eigenvalue weighted by molar-refractivity contribution is 6.06. The van der Waals surface area contributed by atoms with Crippen LogP contribution in [0.5, 0.6) is 0 Å². The van der Waals surface area contributed by atoms with Crippen LogP contribution in [-0.4, -0.2) is 36.6 Å². The van der Waals surface area contributed by atoms with Gasteiger partial charge in [0, 0.05) is 47.1 Å². The number of carbonyl (C=O) groups is 1. The van der Waals surface area contributed by atoms with Crippen LogP contribution in [0, 0.1) is 12.8 Å². The number of rotatable bonds is 5. The zero-order valence-electron chi connectivity index (χ0n) is 20.3. The van der Waals surface area contributed by atoms with Gasteiger partial charge in [-0.1, -0.05) is 6.07 Å². The summed E-state index contributed by atoms with van der Waals surface area (Å²) in [5, 5.41) is 30.0. The molecule has 3 N–H and O–H groups in total. The van der Waals surface area contributed by atoms with Crippen LogP contribution in [0.1, 0.15) is 60.7 Å². The van der Waals surface area contributed by atoms with Crippen LogP contribution < -0.4 is 10.0 Å². The average Bonchev–Trinajstić information content (AvgIpc) is 3.67. The predicted molar refractivity (Wildman–Crippen MR) is 135 cm³/mol. The minimum atomic E-state index is -0.494. The molecule has 6 rings (SSSR count). The average molecular weight is 485 g/mol. The normalized spacial score (nSPS) is 22.0. The molecule has 8 heteroatoms. The summed E-state index contributed by atoms with van der Waals surface area (Å²) in [6, 6.07) is 14.8. The van der Waals surface area contributed by atoms with E-state index in [9.17, 15) is 15.1 Å². The zero-order chi connectivity index (χ0) is 24.9. The number of aliphatic hydroxyl groups is 1. The summed E-state index contributed by atoms with van der Waals surface area (Å²) >= 11 is 0. The summed E-state index contributed by atoms with van der Waals surface area (Å²) in [5.74, 6) is 0.0602. The summed E-state index contributed by atoms with van der Waals surface area (Å²) in [5.41, 5.74) is 3.10. The summed E-state index contributed by atoms with van der Waals surface area (Å²) < 4.78 is 2.91. The second kappa shape index (κ2) is 8.71. The van der Waals surface area contributed by atoms with Crippen molar-refractivity contribution in [1.29, 1.82) is 0 Å². The molecule has 3 heterocycles. The lowest BCUT2D eigenvalue weighted by atomic mass is 9.79. The monoisotopic (exact) mass is 484 g/mol. The van der Waals surface area contributed by atoms with E-state index < -0.39 is 11.5 Å². The number of carbonyl (C=O) groups excluding carboxylic acids is 1. The van der Waals surface area contributed by atoms with Crippen LogP contribution in [0.2, 0.25) is 0 Å². The van der Waals surface area contributed by atoms with E-state index >= 15 is 0 Å². The molecule has 0 unspecified atom stereocenters. The Kier molecular flexibility index (Phi) is 5.48. The third kappa shape index (κ3) is 4.11. The van der Waals surface area contributed by atoms with Crippen molar-refractivity contribution in [2.24, 2.45) is 5.92 Å². The summed E-state index contributed by atoms with van der Waals surface area (Å²) in [4.78, 5) is 17.6. The molecule has 36 heavy (non-hydrogen) atoms. The smallest absolute Gasteiger partial charge is 0.325 e. The Labute approximate surface area is 209 Å². The lowest BCUT2D eigenvalue weighted by Crippen LogP contribution is -2.42. The first kappa shape index (κ1) is 22.7. The van der Waals surface area contributed by atoms with E-state index in [-0.39, 0.29) is 11.7 Å². The lowest BCUT2D eigenvalue weighted by molar-refractivity contribution is -0.909. The van der Waals surface area contributed by atoms with Crippen molar-refractivity contribution in [3.05, 3.63) is 72.3 Å². The van der Waals surface area contributed by atoms with Crippen molar-refractivity contribution in [2.45, 2.75) is 57.1 Å². The number of anilines is 1. The fraction of sp³-hybridized carbons (Fsp3) is 0.357. The van der Waals surface area contributed by atoms with Crippen LogP contribution in [0.3, 0.4) is 0 Å². The van der Waals surface area contributed by atoms with Crippen LogP contribution >= 0.6 is 0 Å². The number of hydrogen-bond acceptors (Lipinski definition) is 5. The molecule has 0 atom stereocenters. The van der Waals surface area contributed by atoms with Crippen LogP contribution in [0.4, 0.5) is 5.69 Å². The topological polar surface area (TPSA) is 104 Å². The Morgan fingerprint density at radius 1 is 1.11 bits per heavy atom. The molecule has 0 bridgehead atoms. The molecule has 184 valence electrons. The van der Waals surface area contributed by atoms with Gasteiger partial charge in [-0.2, -0.15) is 5.10 Å². The molecule has 1 amide bonds. The molecular weight excluding hydrogens is 454 g/mol. The van der Waals surface area contributed by atoms with E-state index in [1.54, 1.807) is 31.3 Å². The first-order valence-corrected chi connectivity index (χ1v) is 12.6. The Morgan fingerprint density at radius 2 is 1.92 bits per heavy atom. The van der Waals surface area contributed by atoms with Crippen molar-refractivity contribution in [1.82, 2.24) is 14.8 Å². The van der Waals surface area contributed by atoms with Gasteiger partial charge >= 0.3 is 11.6 Å². The van der Waals surface area contributed by atoms with Crippen molar-refractivity contribution in [3.8, 4) is 11.3 Å².